The van der Waals surface area contributed by atoms with Gasteiger partial charge in [0, 0.05) is 17.4 Å². The molecule has 2 aromatic carbocycles. The zero-order valence-corrected chi connectivity index (χ0v) is 16.6. The average molecular weight is 381 g/mol. The summed E-state index contributed by atoms with van der Waals surface area (Å²) < 4.78 is 7.46. The Morgan fingerprint density at radius 1 is 1.19 bits per heavy atom. The predicted octanol–water partition coefficient (Wildman–Crippen LogP) is 5.12. The monoisotopic (exact) mass is 380 g/mol. The SMILES string of the molecule is COc1ccc(C)cc1CSc1nc2ccccc2c(=O)n1C1CCCC1. The van der Waals surface area contributed by atoms with E-state index in [1.807, 2.05) is 34.9 Å². The Hall–Kier alpha value is -2.27. The van der Waals surface area contributed by atoms with Crippen LogP contribution in [0.15, 0.2) is 52.4 Å². The Morgan fingerprint density at radius 3 is 2.74 bits per heavy atom. The minimum Gasteiger partial charge on any atom is -0.496 e. The van der Waals surface area contributed by atoms with Crippen molar-refractivity contribution in [3.05, 3.63) is 63.9 Å². The number of hydrogen-bond acceptors (Lipinski definition) is 4. The molecule has 0 unspecified atom stereocenters. The molecule has 4 nitrogen and oxygen atoms in total. The Morgan fingerprint density at radius 2 is 1.96 bits per heavy atom. The zero-order chi connectivity index (χ0) is 18.8. The first-order valence-corrected chi connectivity index (χ1v) is 10.4. The summed E-state index contributed by atoms with van der Waals surface area (Å²) in [6.45, 7) is 2.08. The van der Waals surface area contributed by atoms with Gasteiger partial charge in [0.15, 0.2) is 5.16 Å². The number of ether oxygens (including phenoxy) is 1. The number of aryl methyl sites for hydroxylation is 1. The van der Waals surface area contributed by atoms with Gasteiger partial charge in [0.25, 0.3) is 5.56 Å². The third-order valence-corrected chi connectivity index (χ3v) is 6.26. The summed E-state index contributed by atoms with van der Waals surface area (Å²) in [5.41, 5.74) is 3.19. The number of rotatable bonds is 5. The van der Waals surface area contributed by atoms with Crippen LogP contribution >= 0.6 is 11.8 Å². The van der Waals surface area contributed by atoms with Gasteiger partial charge >= 0.3 is 0 Å². The summed E-state index contributed by atoms with van der Waals surface area (Å²) in [7, 11) is 1.70. The normalized spacial score (nSPS) is 14.7. The number of thioether (sulfide) groups is 1. The van der Waals surface area contributed by atoms with Crippen LogP contribution < -0.4 is 10.3 Å². The molecule has 0 aliphatic heterocycles. The number of para-hydroxylation sites is 1. The second-order valence-corrected chi connectivity index (χ2v) is 8.07. The molecule has 0 amide bonds. The third kappa shape index (κ3) is 3.61. The summed E-state index contributed by atoms with van der Waals surface area (Å²) in [4.78, 5) is 18.1. The molecule has 27 heavy (non-hydrogen) atoms. The Kier molecular flexibility index (Phi) is 5.21. The summed E-state index contributed by atoms with van der Waals surface area (Å²) in [5, 5.41) is 1.52. The second-order valence-electron chi connectivity index (χ2n) is 7.13. The highest BCUT2D eigenvalue weighted by molar-refractivity contribution is 7.98. The van der Waals surface area contributed by atoms with Gasteiger partial charge in [-0.2, -0.15) is 0 Å². The molecule has 4 rings (SSSR count). The molecular formula is C22H24N2O2S. The van der Waals surface area contributed by atoms with Crippen molar-refractivity contribution in [3.8, 4) is 5.75 Å². The molecule has 0 spiro atoms. The highest BCUT2D eigenvalue weighted by atomic mass is 32.2. The maximum atomic E-state index is 13.2. The van der Waals surface area contributed by atoms with Crippen molar-refractivity contribution in [1.82, 2.24) is 9.55 Å². The van der Waals surface area contributed by atoms with Crippen molar-refractivity contribution in [2.75, 3.05) is 7.11 Å². The fraction of sp³-hybridized carbons (Fsp3) is 0.364. The quantitative estimate of drug-likeness (QED) is 0.455. The van der Waals surface area contributed by atoms with E-state index in [1.165, 1.54) is 18.4 Å². The molecule has 5 heteroatoms. The minimum absolute atomic E-state index is 0.0891. The first-order chi connectivity index (χ1) is 13.2. The molecule has 3 aromatic rings. The van der Waals surface area contributed by atoms with E-state index in [-0.39, 0.29) is 11.6 Å². The first kappa shape index (κ1) is 18.1. The fourth-order valence-corrected chi connectivity index (χ4v) is 4.92. The molecule has 1 fully saturated rings. The molecule has 1 aliphatic carbocycles. The molecule has 0 bridgehead atoms. The van der Waals surface area contributed by atoms with E-state index in [0.29, 0.717) is 5.39 Å². The molecule has 1 aromatic heterocycles. The maximum absolute atomic E-state index is 13.2. The lowest BCUT2D eigenvalue weighted by molar-refractivity contribution is 0.411. The van der Waals surface area contributed by atoms with Gasteiger partial charge in [-0.3, -0.25) is 9.36 Å². The highest BCUT2D eigenvalue weighted by Gasteiger charge is 2.23. The molecular weight excluding hydrogens is 356 g/mol. The average Bonchev–Trinajstić information content (AvgIpc) is 3.21. The van der Waals surface area contributed by atoms with Crippen molar-refractivity contribution in [2.24, 2.45) is 0 Å². The number of methoxy groups -OCH3 is 1. The van der Waals surface area contributed by atoms with Crippen LogP contribution in [0.25, 0.3) is 10.9 Å². The highest BCUT2D eigenvalue weighted by Crippen LogP contribution is 2.34. The Balaban J connectivity index is 1.75. The van der Waals surface area contributed by atoms with Crippen molar-refractivity contribution >= 4 is 22.7 Å². The standard InChI is InChI=1S/C22H24N2O2S/c1-15-11-12-20(26-2)16(13-15)14-27-22-23-19-10-6-5-9-18(19)21(25)24(22)17-7-3-4-8-17/h5-6,9-13,17H,3-4,7-8,14H2,1-2H3. The maximum Gasteiger partial charge on any atom is 0.262 e. The van der Waals surface area contributed by atoms with Gasteiger partial charge in [-0.1, -0.05) is 54.4 Å². The van der Waals surface area contributed by atoms with Gasteiger partial charge in [0.1, 0.15) is 5.75 Å². The second kappa shape index (κ2) is 7.77. The lowest BCUT2D eigenvalue weighted by Gasteiger charge is -2.19. The number of benzene rings is 2. The zero-order valence-electron chi connectivity index (χ0n) is 15.8. The van der Waals surface area contributed by atoms with E-state index >= 15 is 0 Å². The Bertz CT molecular complexity index is 1020. The summed E-state index contributed by atoms with van der Waals surface area (Å²) >= 11 is 1.63. The van der Waals surface area contributed by atoms with Crippen LogP contribution in [0.2, 0.25) is 0 Å². The van der Waals surface area contributed by atoms with Crippen molar-refractivity contribution in [2.45, 2.75) is 49.6 Å². The van der Waals surface area contributed by atoms with Crippen molar-refractivity contribution < 1.29 is 4.74 Å². The lowest BCUT2D eigenvalue weighted by atomic mass is 10.1. The van der Waals surface area contributed by atoms with Crippen LogP contribution in [-0.4, -0.2) is 16.7 Å². The van der Waals surface area contributed by atoms with Gasteiger partial charge in [-0.15, -0.1) is 0 Å². The van der Waals surface area contributed by atoms with Gasteiger partial charge in [0.2, 0.25) is 0 Å². The number of nitrogens with zero attached hydrogens (tertiary/aromatic N) is 2. The van der Waals surface area contributed by atoms with E-state index < -0.39 is 0 Å². The molecule has 0 radical (unpaired) electrons. The van der Waals surface area contributed by atoms with Crippen LogP contribution in [-0.2, 0) is 5.75 Å². The van der Waals surface area contributed by atoms with Gasteiger partial charge in [-0.25, -0.2) is 4.98 Å². The summed E-state index contributed by atoms with van der Waals surface area (Å²) in [5.74, 6) is 1.60. The smallest absolute Gasteiger partial charge is 0.262 e. The van der Waals surface area contributed by atoms with Crippen molar-refractivity contribution in [1.29, 1.82) is 0 Å². The lowest BCUT2D eigenvalue weighted by Crippen LogP contribution is -2.26. The van der Waals surface area contributed by atoms with Crippen molar-refractivity contribution in [3.63, 3.8) is 0 Å². The Labute approximate surface area is 163 Å². The molecule has 1 heterocycles. The molecule has 0 saturated heterocycles. The van der Waals surface area contributed by atoms with Crippen LogP contribution in [0.1, 0.15) is 42.9 Å². The molecule has 140 valence electrons. The topological polar surface area (TPSA) is 44.1 Å². The third-order valence-electron chi connectivity index (χ3n) is 5.26. The molecule has 1 saturated carbocycles. The fourth-order valence-electron chi connectivity index (χ4n) is 3.87. The van der Waals surface area contributed by atoms with Crippen LogP contribution in [0.5, 0.6) is 5.75 Å². The van der Waals surface area contributed by atoms with E-state index in [2.05, 4.69) is 19.1 Å². The van der Waals surface area contributed by atoms with E-state index in [0.717, 1.165) is 40.6 Å². The summed E-state index contributed by atoms with van der Waals surface area (Å²) in [6, 6.07) is 14.1. The van der Waals surface area contributed by atoms with E-state index in [9.17, 15) is 4.79 Å². The summed E-state index contributed by atoms with van der Waals surface area (Å²) in [6.07, 6.45) is 4.47. The molecule has 0 atom stereocenters. The minimum atomic E-state index is 0.0891. The van der Waals surface area contributed by atoms with Gasteiger partial charge < -0.3 is 4.74 Å². The van der Waals surface area contributed by atoms with Gasteiger partial charge in [-0.05, 0) is 38.0 Å². The van der Waals surface area contributed by atoms with Crippen LogP contribution in [0.4, 0.5) is 0 Å². The molecule has 1 aliphatic rings. The van der Waals surface area contributed by atoms with E-state index in [4.69, 9.17) is 9.72 Å². The van der Waals surface area contributed by atoms with Crippen LogP contribution in [0.3, 0.4) is 0 Å². The van der Waals surface area contributed by atoms with Crippen LogP contribution in [0, 0.1) is 6.92 Å². The largest absolute Gasteiger partial charge is 0.496 e. The first-order valence-electron chi connectivity index (χ1n) is 9.45. The number of hydrogen-bond donors (Lipinski definition) is 0. The number of aromatic nitrogens is 2. The van der Waals surface area contributed by atoms with E-state index in [1.54, 1.807) is 18.9 Å². The van der Waals surface area contributed by atoms with Gasteiger partial charge in [0.05, 0.1) is 18.0 Å². The predicted molar refractivity (Wildman–Crippen MR) is 111 cm³/mol. The number of fused-ring (bicyclic) bond motifs is 1. The molecule has 0 N–H and O–H groups in total.